The molecule has 1 aliphatic rings. The zero-order valence-electron chi connectivity index (χ0n) is 14.8. The van der Waals surface area contributed by atoms with Gasteiger partial charge in [-0.2, -0.15) is 0 Å². The number of hydrogen-bond acceptors (Lipinski definition) is 5. The van der Waals surface area contributed by atoms with Gasteiger partial charge in [0.2, 0.25) is 0 Å². The summed E-state index contributed by atoms with van der Waals surface area (Å²) in [4.78, 5) is 14.3. The van der Waals surface area contributed by atoms with Crippen molar-refractivity contribution in [2.75, 3.05) is 32.8 Å². The lowest BCUT2D eigenvalue weighted by atomic mass is 10.1. The van der Waals surface area contributed by atoms with Crippen LogP contribution < -0.4 is 5.32 Å². The van der Waals surface area contributed by atoms with Crippen LogP contribution in [0.15, 0.2) is 42.6 Å². The maximum Gasteiger partial charge on any atom is 0.273 e. The smallest absolute Gasteiger partial charge is 0.273 e. The number of carbonyl (C=O) groups excluding carboxylic acids is 1. The molecule has 1 amide bonds. The number of nitrogens with one attached hydrogen (secondary N) is 1. The Morgan fingerprint density at radius 2 is 2.04 bits per heavy atom. The van der Waals surface area contributed by atoms with Crippen molar-refractivity contribution in [2.45, 2.75) is 18.9 Å². The average Bonchev–Trinajstić information content (AvgIpc) is 3.18. The molecule has 7 nitrogen and oxygen atoms in total. The maximum absolute atomic E-state index is 11.8. The monoisotopic (exact) mass is 355 g/mol. The summed E-state index contributed by atoms with van der Waals surface area (Å²) in [5.74, 6) is -0.297. The molecule has 0 aliphatic carbocycles. The van der Waals surface area contributed by atoms with Crippen molar-refractivity contribution in [3.63, 3.8) is 0 Å². The first-order valence-electron chi connectivity index (χ1n) is 9.01. The number of aromatic nitrogens is 3. The van der Waals surface area contributed by atoms with Crippen LogP contribution in [0.2, 0.25) is 0 Å². The van der Waals surface area contributed by atoms with Gasteiger partial charge in [-0.05, 0) is 18.4 Å². The van der Waals surface area contributed by atoms with Crippen LogP contribution >= 0.6 is 0 Å². The van der Waals surface area contributed by atoms with Gasteiger partial charge in [-0.1, -0.05) is 47.7 Å². The lowest BCUT2D eigenvalue weighted by molar-refractivity contribution is 0.0939. The first-order valence-corrected chi connectivity index (χ1v) is 9.01. The highest BCUT2D eigenvalue weighted by Crippen LogP contribution is 2.21. The molecule has 1 saturated heterocycles. The lowest BCUT2D eigenvalue weighted by Gasteiger charge is -2.30. The number of benzene rings is 1. The van der Waals surface area contributed by atoms with Crippen molar-refractivity contribution < 1.29 is 9.90 Å². The number of aliphatic hydroxyl groups is 1. The van der Waals surface area contributed by atoms with Crippen molar-refractivity contribution in [2.24, 2.45) is 0 Å². The molecule has 138 valence electrons. The highest BCUT2D eigenvalue weighted by molar-refractivity contribution is 5.91. The van der Waals surface area contributed by atoms with E-state index in [-0.39, 0.29) is 25.1 Å². The van der Waals surface area contributed by atoms with E-state index in [0.29, 0.717) is 5.69 Å². The molecule has 1 aromatic heterocycles. The van der Waals surface area contributed by atoms with E-state index >= 15 is 0 Å². The van der Waals surface area contributed by atoms with Gasteiger partial charge >= 0.3 is 0 Å². The van der Waals surface area contributed by atoms with E-state index in [9.17, 15) is 4.79 Å². The summed E-state index contributed by atoms with van der Waals surface area (Å²) in [7, 11) is 0. The van der Waals surface area contributed by atoms with Crippen LogP contribution in [0.3, 0.4) is 0 Å². The van der Waals surface area contributed by atoms with Gasteiger partial charge in [-0.3, -0.25) is 9.69 Å². The standard InChI is InChI=1S/C19H25N5O2/c25-14-10-20-19(26)18-15-24(22-21-18)17-8-12-23(13-9-17)11-4-7-16-5-2-1-3-6-16/h1-7,15,17,25H,8-14H2,(H,20,26). The summed E-state index contributed by atoms with van der Waals surface area (Å²) >= 11 is 0. The second-order valence-electron chi connectivity index (χ2n) is 6.41. The number of amides is 1. The second kappa shape index (κ2) is 9.26. The van der Waals surface area contributed by atoms with Crippen LogP contribution in [0.1, 0.15) is 34.9 Å². The predicted molar refractivity (Wildman–Crippen MR) is 99.6 cm³/mol. The van der Waals surface area contributed by atoms with Crippen LogP contribution in [0.5, 0.6) is 0 Å². The highest BCUT2D eigenvalue weighted by Gasteiger charge is 2.22. The minimum Gasteiger partial charge on any atom is -0.395 e. The Labute approximate surface area is 153 Å². The lowest BCUT2D eigenvalue weighted by Crippen LogP contribution is -2.34. The average molecular weight is 355 g/mol. The molecular formula is C19H25N5O2. The van der Waals surface area contributed by atoms with Crippen molar-refractivity contribution in [3.8, 4) is 0 Å². The number of hydrogen-bond donors (Lipinski definition) is 2. The molecule has 2 heterocycles. The molecule has 0 spiro atoms. The Balaban J connectivity index is 1.46. The summed E-state index contributed by atoms with van der Waals surface area (Å²) in [6, 6.07) is 10.6. The predicted octanol–water partition coefficient (Wildman–Crippen LogP) is 1.35. The summed E-state index contributed by atoms with van der Waals surface area (Å²) in [5.41, 5.74) is 1.52. The second-order valence-corrected chi connectivity index (χ2v) is 6.41. The molecule has 26 heavy (non-hydrogen) atoms. The number of nitrogens with zero attached hydrogens (tertiary/aromatic N) is 4. The van der Waals surface area contributed by atoms with E-state index in [2.05, 4.69) is 44.8 Å². The van der Waals surface area contributed by atoms with E-state index in [0.717, 1.165) is 32.5 Å². The van der Waals surface area contributed by atoms with Gasteiger partial charge in [-0.15, -0.1) is 5.10 Å². The first kappa shape index (κ1) is 18.3. The third kappa shape index (κ3) is 5.00. The number of carbonyl (C=O) groups is 1. The Kier molecular flexibility index (Phi) is 6.51. The van der Waals surface area contributed by atoms with E-state index in [1.807, 2.05) is 18.2 Å². The molecule has 3 rings (SSSR count). The molecule has 0 bridgehead atoms. The van der Waals surface area contributed by atoms with Crippen LogP contribution in [-0.2, 0) is 0 Å². The Morgan fingerprint density at radius 3 is 2.77 bits per heavy atom. The molecule has 0 atom stereocenters. The molecule has 1 aliphatic heterocycles. The zero-order valence-corrected chi connectivity index (χ0v) is 14.8. The molecule has 0 saturated carbocycles. The van der Waals surface area contributed by atoms with E-state index < -0.39 is 0 Å². The van der Waals surface area contributed by atoms with Crippen LogP contribution in [0.4, 0.5) is 0 Å². The molecule has 1 aromatic carbocycles. The van der Waals surface area contributed by atoms with Gasteiger partial charge in [0.1, 0.15) is 0 Å². The van der Waals surface area contributed by atoms with E-state index in [1.54, 1.807) is 10.9 Å². The molecule has 2 aromatic rings. The van der Waals surface area contributed by atoms with E-state index in [4.69, 9.17) is 5.11 Å². The minimum absolute atomic E-state index is 0.0863. The molecule has 0 radical (unpaired) electrons. The number of piperidine rings is 1. The van der Waals surface area contributed by atoms with Gasteiger partial charge in [0.25, 0.3) is 5.91 Å². The zero-order chi connectivity index (χ0) is 18.2. The van der Waals surface area contributed by atoms with Gasteiger partial charge in [0.05, 0.1) is 18.8 Å². The van der Waals surface area contributed by atoms with Gasteiger partial charge in [-0.25, -0.2) is 4.68 Å². The van der Waals surface area contributed by atoms with Crippen molar-refractivity contribution >= 4 is 12.0 Å². The minimum atomic E-state index is -0.297. The van der Waals surface area contributed by atoms with Crippen LogP contribution in [0, 0.1) is 0 Å². The molecular weight excluding hydrogens is 330 g/mol. The molecule has 7 heteroatoms. The van der Waals surface area contributed by atoms with Gasteiger partial charge in [0.15, 0.2) is 5.69 Å². The third-order valence-corrected chi connectivity index (χ3v) is 4.54. The van der Waals surface area contributed by atoms with E-state index in [1.165, 1.54) is 5.56 Å². The number of likely N-dealkylation sites (tertiary alicyclic amines) is 1. The Morgan fingerprint density at radius 1 is 1.27 bits per heavy atom. The molecule has 0 unspecified atom stereocenters. The highest BCUT2D eigenvalue weighted by atomic mass is 16.3. The quantitative estimate of drug-likeness (QED) is 0.783. The SMILES string of the molecule is O=C(NCCO)c1cn(C2CCN(CC=Cc3ccccc3)CC2)nn1. The first-order chi connectivity index (χ1) is 12.8. The van der Waals surface area contributed by atoms with Crippen molar-refractivity contribution in [3.05, 3.63) is 53.9 Å². The summed E-state index contributed by atoms with van der Waals surface area (Å²) in [5, 5.41) is 19.4. The topological polar surface area (TPSA) is 83.3 Å². The van der Waals surface area contributed by atoms with Crippen LogP contribution in [0.25, 0.3) is 6.08 Å². The fourth-order valence-electron chi connectivity index (χ4n) is 3.09. The summed E-state index contributed by atoms with van der Waals surface area (Å²) in [6.45, 7) is 3.07. The summed E-state index contributed by atoms with van der Waals surface area (Å²) < 4.78 is 1.80. The molecule has 2 N–H and O–H groups in total. The largest absolute Gasteiger partial charge is 0.395 e. The fraction of sp³-hybridized carbons (Fsp3) is 0.421. The van der Waals surface area contributed by atoms with Crippen molar-refractivity contribution in [1.82, 2.24) is 25.2 Å². The van der Waals surface area contributed by atoms with Crippen LogP contribution in [-0.4, -0.2) is 63.7 Å². The fourth-order valence-corrected chi connectivity index (χ4v) is 3.09. The normalized spacial score (nSPS) is 16.2. The van der Waals surface area contributed by atoms with Gasteiger partial charge in [0, 0.05) is 26.2 Å². The Hall–Kier alpha value is -2.51. The Bertz CT molecular complexity index is 721. The molecule has 1 fully saturated rings. The summed E-state index contributed by atoms with van der Waals surface area (Å²) in [6.07, 6.45) is 8.03. The number of aliphatic hydroxyl groups excluding tert-OH is 1. The maximum atomic E-state index is 11.8. The number of rotatable bonds is 7. The third-order valence-electron chi connectivity index (χ3n) is 4.54. The van der Waals surface area contributed by atoms with Crippen molar-refractivity contribution in [1.29, 1.82) is 0 Å². The van der Waals surface area contributed by atoms with Gasteiger partial charge < -0.3 is 10.4 Å².